The molecule has 3 rings (SSSR count). The minimum absolute atomic E-state index is 0.0342. The standard InChI is InChI=1S/C20H20F3NO2/c21-20(22,23)17-10-12-24(13-11-17)19(25)16-6-8-18(9-7-16)26-14-15-4-2-1-3-5-15/h1-9,17H,10-14H2. The van der Waals surface area contributed by atoms with Gasteiger partial charge in [0.2, 0.25) is 0 Å². The molecule has 2 aromatic carbocycles. The van der Waals surface area contributed by atoms with Crippen molar-refractivity contribution in [3.05, 3.63) is 65.7 Å². The molecule has 0 N–H and O–H groups in total. The predicted molar refractivity (Wildman–Crippen MR) is 91.9 cm³/mol. The molecule has 3 nitrogen and oxygen atoms in total. The number of benzene rings is 2. The quantitative estimate of drug-likeness (QED) is 0.789. The number of piperidine rings is 1. The van der Waals surface area contributed by atoms with Crippen LogP contribution in [0.1, 0.15) is 28.8 Å². The summed E-state index contributed by atoms with van der Waals surface area (Å²) in [4.78, 5) is 13.9. The maximum atomic E-state index is 12.7. The summed E-state index contributed by atoms with van der Waals surface area (Å²) in [5.74, 6) is -0.901. The zero-order chi connectivity index (χ0) is 18.6. The number of alkyl halides is 3. The van der Waals surface area contributed by atoms with Crippen molar-refractivity contribution in [1.29, 1.82) is 0 Å². The van der Waals surface area contributed by atoms with Crippen LogP contribution in [0, 0.1) is 5.92 Å². The third-order valence-corrected chi connectivity index (χ3v) is 4.59. The molecular formula is C20H20F3NO2. The van der Waals surface area contributed by atoms with E-state index in [9.17, 15) is 18.0 Å². The van der Waals surface area contributed by atoms with Gasteiger partial charge in [-0.15, -0.1) is 0 Å². The molecule has 2 aromatic rings. The van der Waals surface area contributed by atoms with E-state index >= 15 is 0 Å². The van der Waals surface area contributed by atoms with Crippen LogP contribution in [0.4, 0.5) is 13.2 Å². The van der Waals surface area contributed by atoms with Crippen LogP contribution in [-0.2, 0) is 6.61 Å². The molecule has 0 unspecified atom stereocenters. The van der Waals surface area contributed by atoms with Gasteiger partial charge in [0.25, 0.3) is 5.91 Å². The van der Waals surface area contributed by atoms with Crippen LogP contribution in [0.25, 0.3) is 0 Å². The van der Waals surface area contributed by atoms with Crippen LogP contribution in [0.5, 0.6) is 5.75 Å². The molecule has 1 aliphatic rings. The number of hydrogen-bond acceptors (Lipinski definition) is 2. The van der Waals surface area contributed by atoms with Crippen molar-refractivity contribution < 1.29 is 22.7 Å². The highest BCUT2D eigenvalue weighted by molar-refractivity contribution is 5.94. The van der Waals surface area contributed by atoms with Gasteiger partial charge in [0.15, 0.2) is 0 Å². The number of carbonyl (C=O) groups excluding carboxylic acids is 1. The van der Waals surface area contributed by atoms with Crippen LogP contribution < -0.4 is 4.74 Å². The third kappa shape index (κ3) is 4.56. The Morgan fingerprint density at radius 3 is 2.19 bits per heavy atom. The van der Waals surface area contributed by atoms with Crippen LogP contribution >= 0.6 is 0 Å². The molecular weight excluding hydrogens is 343 g/mol. The van der Waals surface area contributed by atoms with E-state index in [0.717, 1.165) is 5.56 Å². The second-order valence-electron chi connectivity index (χ2n) is 6.41. The van der Waals surface area contributed by atoms with Crippen molar-refractivity contribution in [3.63, 3.8) is 0 Å². The first-order chi connectivity index (χ1) is 12.4. The fourth-order valence-electron chi connectivity index (χ4n) is 3.03. The number of amides is 1. The van der Waals surface area contributed by atoms with E-state index in [-0.39, 0.29) is 31.8 Å². The van der Waals surface area contributed by atoms with Crippen LogP contribution in [0.3, 0.4) is 0 Å². The summed E-state index contributed by atoms with van der Waals surface area (Å²) >= 11 is 0. The Balaban J connectivity index is 1.54. The van der Waals surface area contributed by atoms with Crippen molar-refractivity contribution in [3.8, 4) is 5.75 Å². The topological polar surface area (TPSA) is 29.5 Å². The highest BCUT2D eigenvalue weighted by Gasteiger charge is 2.41. The molecule has 0 atom stereocenters. The Hall–Kier alpha value is -2.50. The van der Waals surface area contributed by atoms with Gasteiger partial charge >= 0.3 is 6.18 Å². The molecule has 1 fully saturated rings. The Morgan fingerprint density at radius 1 is 1.00 bits per heavy atom. The van der Waals surface area contributed by atoms with E-state index < -0.39 is 12.1 Å². The summed E-state index contributed by atoms with van der Waals surface area (Å²) in [6, 6.07) is 16.4. The average molecular weight is 363 g/mol. The van der Waals surface area contributed by atoms with E-state index in [1.165, 1.54) is 4.90 Å². The van der Waals surface area contributed by atoms with E-state index in [1.54, 1.807) is 24.3 Å². The summed E-state index contributed by atoms with van der Waals surface area (Å²) in [7, 11) is 0. The molecule has 1 aliphatic heterocycles. The fraction of sp³-hybridized carbons (Fsp3) is 0.350. The second-order valence-corrected chi connectivity index (χ2v) is 6.41. The van der Waals surface area contributed by atoms with Crippen molar-refractivity contribution in [2.75, 3.05) is 13.1 Å². The molecule has 1 heterocycles. The van der Waals surface area contributed by atoms with Crippen molar-refractivity contribution in [1.82, 2.24) is 4.90 Å². The zero-order valence-electron chi connectivity index (χ0n) is 14.2. The number of nitrogens with zero attached hydrogens (tertiary/aromatic N) is 1. The van der Waals surface area contributed by atoms with Crippen LogP contribution in [-0.4, -0.2) is 30.1 Å². The number of carbonyl (C=O) groups is 1. The first kappa shape index (κ1) is 18.3. The summed E-state index contributed by atoms with van der Waals surface area (Å²) in [6.07, 6.45) is -4.24. The van der Waals surface area contributed by atoms with Gasteiger partial charge in [-0.1, -0.05) is 30.3 Å². The average Bonchev–Trinajstić information content (AvgIpc) is 2.66. The van der Waals surface area contributed by atoms with Crippen molar-refractivity contribution >= 4 is 5.91 Å². The molecule has 1 amide bonds. The van der Waals surface area contributed by atoms with Gasteiger partial charge in [0, 0.05) is 18.7 Å². The number of likely N-dealkylation sites (tertiary alicyclic amines) is 1. The normalized spacial score (nSPS) is 15.7. The Labute approximate surface area is 150 Å². The lowest BCUT2D eigenvalue weighted by Crippen LogP contribution is -2.42. The van der Waals surface area contributed by atoms with E-state index in [0.29, 0.717) is 17.9 Å². The Kier molecular flexibility index (Phi) is 5.49. The molecule has 0 bridgehead atoms. The lowest BCUT2D eigenvalue weighted by Gasteiger charge is -2.33. The molecule has 26 heavy (non-hydrogen) atoms. The SMILES string of the molecule is O=C(c1ccc(OCc2ccccc2)cc1)N1CCC(C(F)(F)F)CC1. The molecule has 0 spiro atoms. The molecule has 1 saturated heterocycles. The van der Waals surface area contributed by atoms with Crippen molar-refractivity contribution in [2.24, 2.45) is 5.92 Å². The minimum Gasteiger partial charge on any atom is -0.489 e. The molecule has 0 saturated carbocycles. The second kappa shape index (κ2) is 7.81. The van der Waals surface area contributed by atoms with E-state index in [1.807, 2.05) is 30.3 Å². The summed E-state index contributed by atoms with van der Waals surface area (Å²) < 4.78 is 43.8. The van der Waals surface area contributed by atoms with Gasteiger partial charge in [-0.3, -0.25) is 4.79 Å². The fourth-order valence-corrected chi connectivity index (χ4v) is 3.03. The molecule has 0 aliphatic carbocycles. The summed E-state index contributed by atoms with van der Waals surface area (Å²) in [5, 5.41) is 0. The zero-order valence-corrected chi connectivity index (χ0v) is 14.2. The Bertz CT molecular complexity index is 721. The summed E-state index contributed by atoms with van der Waals surface area (Å²) in [6.45, 7) is 0.698. The third-order valence-electron chi connectivity index (χ3n) is 4.59. The van der Waals surface area contributed by atoms with E-state index in [4.69, 9.17) is 4.74 Å². The van der Waals surface area contributed by atoms with Gasteiger partial charge < -0.3 is 9.64 Å². The Morgan fingerprint density at radius 2 is 1.62 bits per heavy atom. The summed E-state index contributed by atoms with van der Waals surface area (Å²) in [5.41, 5.74) is 1.50. The van der Waals surface area contributed by atoms with Gasteiger partial charge in [-0.2, -0.15) is 13.2 Å². The van der Waals surface area contributed by atoms with Gasteiger partial charge in [0.05, 0.1) is 5.92 Å². The minimum atomic E-state index is -4.17. The van der Waals surface area contributed by atoms with Gasteiger partial charge in [-0.05, 0) is 42.7 Å². The number of rotatable bonds is 4. The number of ether oxygens (including phenoxy) is 1. The number of hydrogen-bond donors (Lipinski definition) is 0. The van der Waals surface area contributed by atoms with Crippen LogP contribution in [0.15, 0.2) is 54.6 Å². The maximum Gasteiger partial charge on any atom is 0.391 e. The molecule has 0 aromatic heterocycles. The first-order valence-corrected chi connectivity index (χ1v) is 8.56. The lowest BCUT2D eigenvalue weighted by atomic mass is 9.96. The maximum absolute atomic E-state index is 12.7. The number of halogens is 3. The monoisotopic (exact) mass is 363 g/mol. The molecule has 0 radical (unpaired) electrons. The molecule has 6 heteroatoms. The largest absolute Gasteiger partial charge is 0.489 e. The molecule has 138 valence electrons. The lowest BCUT2D eigenvalue weighted by molar-refractivity contribution is -0.183. The smallest absolute Gasteiger partial charge is 0.391 e. The highest BCUT2D eigenvalue weighted by atomic mass is 19.4. The van der Waals surface area contributed by atoms with Gasteiger partial charge in [-0.25, -0.2) is 0 Å². The van der Waals surface area contributed by atoms with Crippen molar-refractivity contribution in [2.45, 2.75) is 25.6 Å². The van der Waals surface area contributed by atoms with E-state index in [2.05, 4.69) is 0 Å². The van der Waals surface area contributed by atoms with Gasteiger partial charge in [0.1, 0.15) is 12.4 Å². The first-order valence-electron chi connectivity index (χ1n) is 8.56. The predicted octanol–water partition coefficient (Wildman–Crippen LogP) is 4.68. The highest BCUT2D eigenvalue weighted by Crippen LogP contribution is 2.34. The van der Waals surface area contributed by atoms with Crippen LogP contribution in [0.2, 0.25) is 0 Å².